The second-order valence-electron chi connectivity index (χ2n) is 6.64. The lowest BCUT2D eigenvalue weighted by Crippen LogP contribution is -2.43. The number of carbonyl (C=O) groups excluding carboxylic acids is 1. The van der Waals surface area contributed by atoms with Crippen molar-refractivity contribution in [3.05, 3.63) is 46.8 Å². The van der Waals surface area contributed by atoms with Gasteiger partial charge in [0.2, 0.25) is 0 Å². The fourth-order valence-electron chi connectivity index (χ4n) is 3.80. The van der Waals surface area contributed by atoms with E-state index in [9.17, 15) is 9.59 Å². The van der Waals surface area contributed by atoms with Gasteiger partial charge in [-0.25, -0.2) is 9.78 Å². The van der Waals surface area contributed by atoms with Gasteiger partial charge in [0.1, 0.15) is 5.69 Å². The first kappa shape index (κ1) is 16.6. The molecular formula is C18H22N6O2. The number of imidazole rings is 1. The molecule has 3 aromatic rings. The summed E-state index contributed by atoms with van der Waals surface area (Å²) in [6.07, 6.45) is 5.06. The normalized spacial score (nSPS) is 17.8. The van der Waals surface area contributed by atoms with Crippen molar-refractivity contribution in [1.82, 2.24) is 28.8 Å². The molecule has 3 aromatic heterocycles. The number of rotatable bonds is 3. The van der Waals surface area contributed by atoms with Crippen LogP contribution >= 0.6 is 0 Å². The Morgan fingerprint density at radius 3 is 2.96 bits per heavy atom. The highest BCUT2D eigenvalue weighted by Crippen LogP contribution is 2.24. The van der Waals surface area contributed by atoms with Crippen molar-refractivity contribution in [2.24, 2.45) is 7.05 Å². The molecule has 1 fully saturated rings. The highest BCUT2D eigenvalue weighted by atomic mass is 16.2. The molecule has 4 rings (SSSR count). The van der Waals surface area contributed by atoms with Gasteiger partial charge in [-0.1, -0.05) is 0 Å². The van der Waals surface area contributed by atoms with E-state index in [2.05, 4.69) is 10.1 Å². The second-order valence-corrected chi connectivity index (χ2v) is 6.64. The number of nitrogens with zero attached hydrogens (tertiary/aromatic N) is 6. The number of fused-ring (bicyclic) bond motifs is 1. The lowest BCUT2D eigenvalue weighted by molar-refractivity contribution is 0.0666. The van der Waals surface area contributed by atoms with Gasteiger partial charge >= 0.3 is 5.69 Å². The molecule has 0 radical (unpaired) electrons. The number of amides is 1. The van der Waals surface area contributed by atoms with Crippen LogP contribution in [0.4, 0.5) is 0 Å². The summed E-state index contributed by atoms with van der Waals surface area (Å²) in [5.74, 6) is -0.0321. The Balaban J connectivity index is 1.67. The average molecular weight is 354 g/mol. The molecule has 0 saturated carbocycles. The zero-order chi connectivity index (χ0) is 18.3. The molecule has 0 N–H and O–H groups in total. The molecule has 1 unspecified atom stereocenters. The first-order valence-electron chi connectivity index (χ1n) is 8.94. The van der Waals surface area contributed by atoms with Crippen molar-refractivity contribution in [1.29, 1.82) is 0 Å². The van der Waals surface area contributed by atoms with E-state index in [0.29, 0.717) is 31.0 Å². The number of hydrogen-bond donors (Lipinski definition) is 0. The molecule has 1 atom stereocenters. The van der Waals surface area contributed by atoms with Gasteiger partial charge in [0, 0.05) is 39.1 Å². The Bertz CT molecular complexity index is 1010. The molecule has 136 valence electrons. The van der Waals surface area contributed by atoms with Crippen LogP contribution in [0, 0.1) is 0 Å². The van der Waals surface area contributed by atoms with Crippen molar-refractivity contribution < 1.29 is 4.79 Å². The van der Waals surface area contributed by atoms with E-state index < -0.39 is 0 Å². The van der Waals surface area contributed by atoms with Crippen LogP contribution in [0.25, 0.3) is 11.2 Å². The Kier molecular flexibility index (Phi) is 4.10. The zero-order valence-electron chi connectivity index (χ0n) is 15.0. The third-order valence-corrected chi connectivity index (χ3v) is 5.13. The number of aromatic nitrogens is 5. The summed E-state index contributed by atoms with van der Waals surface area (Å²) in [5, 5.41) is 4.19. The minimum absolute atomic E-state index is 0.0321. The number of piperidine rings is 1. The van der Waals surface area contributed by atoms with Crippen LogP contribution in [0.5, 0.6) is 0 Å². The Hall–Kier alpha value is -2.90. The monoisotopic (exact) mass is 354 g/mol. The number of hydrogen-bond acceptors (Lipinski definition) is 4. The summed E-state index contributed by atoms with van der Waals surface area (Å²) in [6.45, 7) is 3.81. The van der Waals surface area contributed by atoms with Crippen molar-refractivity contribution in [2.75, 3.05) is 13.1 Å². The Morgan fingerprint density at radius 2 is 2.15 bits per heavy atom. The molecule has 1 amide bonds. The van der Waals surface area contributed by atoms with E-state index in [-0.39, 0.29) is 17.6 Å². The average Bonchev–Trinajstić information content (AvgIpc) is 3.25. The molecule has 1 saturated heterocycles. The topological polar surface area (TPSA) is 78.0 Å². The maximum atomic E-state index is 12.9. The molecule has 0 aliphatic carbocycles. The molecule has 1 aliphatic heterocycles. The van der Waals surface area contributed by atoms with Gasteiger partial charge in [0.05, 0.1) is 11.6 Å². The molecular weight excluding hydrogens is 332 g/mol. The summed E-state index contributed by atoms with van der Waals surface area (Å²) in [5.41, 5.74) is 2.00. The van der Waals surface area contributed by atoms with Gasteiger partial charge in [-0.2, -0.15) is 5.10 Å². The van der Waals surface area contributed by atoms with E-state index in [1.807, 2.05) is 24.0 Å². The van der Waals surface area contributed by atoms with Crippen LogP contribution in [-0.2, 0) is 13.6 Å². The van der Waals surface area contributed by atoms with E-state index in [0.717, 1.165) is 18.4 Å². The predicted octanol–water partition coefficient (Wildman–Crippen LogP) is 1.43. The number of aryl methyl sites for hydroxylation is 2. The fourth-order valence-corrected chi connectivity index (χ4v) is 3.80. The molecule has 26 heavy (non-hydrogen) atoms. The van der Waals surface area contributed by atoms with E-state index in [1.54, 1.807) is 39.3 Å². The van der Waals surface area contributed by atoms with Gasteiger partial charge in [-0.05, 0) is 38.0 Å². The summed E-state index contributed by atoms with van der Waals surface area (Å²) < 4.78 is 5.07. The van der Waals surface area contributed by atoms with E-state index in [1.165, 1.54) is 0 Å². The van der Waals surface area contributed by atoms with Gasteiger partial charge in [0.15, 0.2) is 5.65 Å². The number of likely N-dealkylation sites (tertiary alicyclic amines) is 1. The minimum atomic E-state index is -0.0865. The highest BCUT2D eigenvalue weighted by molar-refractivity contribution is 5.92. The third kappa shape index (κ3) is 2.53. The zero-order valence-corrected chi connectivity index (χ0v) is 15.0. The minimum Gasteiger partial charge on any atom is -0.335 e. The molecule has 4 heterocycles. The molecule has 8 heteroatoms. The number of pyridine rings is 1. The van der Waals surface area contributed by atoms with Crippen LogP contribution in [-0.4, -0.2) is 47.8 Å². The molecule has 1 aliphatic rings. The van der Waals surface area contributed by atoms with E-state index >= 15 is 0 Å². The number of carbonyl (C=O) groups is 1. The van der Waals surface area contributed by atoms with E-state index in [4.69, 9.17) is 0 Å². The summed E-state index contributed by atoms with van der Waals surface area (Å²) in [6, 6.07) is 5.40. The van der Waals surface area contributed by atoms with Gasteiger partial charge in [-0.3, -0.25) is 18.6 Å². The van der Waals surface area contributed by atoms with Crippen molar-refractivity contribution in [3.63, 3.8) is 0 Å². The molecule has 0 bridgehead atoms. The van der Waals surface area contributed by atoms with Gasteiger partial charge < -0.3 is 4.90 Å². The lowest BCUT2D eigenvalue weighted by atomic mass is 10.0. The summed E-state index contributed by atoms with van der Waals surface area (Å²) in [7, 11) is 1.76. The first-order valence-corrected chi connectivity index (χ1v) is 8.94. The van der Waals surface area contributed by atoms with Crippen LogP contribution in [0.15, 0.2) is 35.4 Å². The smallest absolute Gasteiger partial charge is 0.330 e. The molecule has 0 aromatic carbocycles. The van der Waals surface area contributed by atoms with Gasteiger partial charge in [0.25, 0.3) is 5.91 Å². The maximum absolute atomic E-state index is 12.9. The van der Waals surface area contributed by atoms with Crippen LogP contribution in [0.2, 0.25) is 0 Å². The predicted molar refractivity (Wildman–Crippen MR) is 97.0 cm³/mol. The van der Waals surface area contributed by atoms with Gasteiger partial charge in [-0.15, -0.1) is 0 Å². The lowest BCUT2D eigenvalue weighted by Gasteiger charge is -2.33. The Morgan fingerprint density at radius 1 is 1.31 bits per heavy atom. The largest absolute Gasteiger partial charge is 0.335 e. The first-order chi connectivity index (χ1) is 12.6. The summed E-state index contributed by atoms with van der Waals surface area (Å²) >= 11 is 0. The quantitative estimate of drug-likeness (QED) is 0.713. The maximum Gasteiger partial charge on any atom is 0.330 e. The summed E-state index contributed by atoms with van der Waals surface area (Å²) in [4.78, 5) is 31.9. The third-order valence-electron chi connectivity index (χ3n) is 5.13. The van der Waals surface area contributed by atoms with Crippen LogP contribution < -0.4 is 5.69 Å². The highest BCUT2D eigenvalue weighted by Gasteiger charge is 2.29. The van der Waals surface area contributed by atoms with Crippen LogP contribution in [0.1, 0.15) is 36.3 Å². The standard InChI is InChI=1S/C18H22N6O2/c1-3-23-15(8-10-20-23)17(25)22-11-5-6-13(12-22)24-16-14(7-4-9-19-16)21(2)18(24)26/h4,7-10,13H,3,5-6,11-12H2,1-2H3. The SMILES string of the molecule is CCn1nccc1C(=O)N1CCCC(n2c(=O)n(C)c3cccnc32)C1. The fraction of sp³-hybridized carbons (Fsp3) is 0.444. The molecule has 8 nitrogen and oxygen atoms in total. The van der Waals surface area contributed by atoms with Crippen LogP contribution in [0.3, 0.4) is 0 Å². The second kappa shape index (κ2) is 6.44. The molecule has 0 spiro atoms. The Labute approximate surface area is 150 Å². The van der Waals surface area contributed by atoms with Crippen molar-refractivity contribution >= 4 is 17.1 Å². The van der Waals surface area contributed by atoms with Crippen molar-refractivity contribution in [3.8, 4) is 0 Å². The van der Waals surface area contributed by atoms with Crippen molar-refractivity contribution in [2.45, 2.75) is 32.4 Å².